The van der Waals surface area contributed by atoms with Crippen molar-refractivity contribution in [1.82, 2.24) is 9.97 Å². The first-order valence-electron chi connectivity index (χ1n) is 6.16. The third kappa shape index (κ3) is 1.70. The summed E-state index contributed by atoms with van der Waals surface area (Å²) in [6, 6.07) is 12.7. The molecular weight excluding hydrogens is 208 g/mol. The molecule has 1 atom stereocenters. The van der Waals surface area contributed by atoms with E-state index in [1.54, 1.807) is 0 Å². The minimum absolute atomic E-state index is 0.491. The topological polar surface area (TPSA) is 28.7 Å². The zero-order chi connectivity index (χ0) is 11.8. The van der Waals surface area contributed by atoms with Gasteiger partial charge in [0.25, 0.3) is 0 Å². The van der Waals surface area contributed by atoms with Crippen molar-refractivity contribution in [3.63, 3.8) is 0 Å². The molecule has 0 bridgehead atoms. The van der Waals surface area contributed by atoms with Gasteiger partial charge in [0.15, 0.2) is 0 Å². The molecule has 2 heteroatoms. The van der Waals surface area contributed by atoms with E-state index in [4.69, 9.17) is 0 Å². The molecule has 0 aliphatic rings. The fourth-order valence-corrected chi connectivity index (χ4v) is 2.14. The summed E-state index contributed by atoms with van der Waals surface area (Å²) >= 11 is 0. The van der Waals surface area contributed by atoms with Crippen LogP contribution in [0.2, 0.25) is 0 Å². The van der Waals surface area contributed by atoms with Crippen molar-refractivity contribution in [2.75, 3.05) is 0 Å². The van der Waals surface area contributed by atoms with E-state index in [9.17, 15) is 0 Å². The van der Waals surface area contributed by atoms with E-state index in [2.05, 4.69) is 60.2 Å². The van der Waals surface area contributed by atoms with Crippen LogP contribution < -0.4 is 0 Å². The van der Waals surface area contributed by atoms with Crippen LogP contribution in [-0.2, 0) is 0 Å². The number of imidazole rings is 1. The molecule has 1 N–H and O–H groups in total. The molecule has 1 heterocycles. The van der Waals surface area contributed by atoms with E-state index in [1.165, 1.54) is 10.8 Å². The molecule has 0 radical (unpaired) electrons. The fraction of sp³-hybridized carbons (Fsp3) is 0.267. The Morgan fingerprint density at radius 2 is 1.88 bits per heavy atom. The highest BCUT2D eigenvalue weighted by Crippen LogP contribution is 2.24. The Balaban J connectivity index is 2.24. The summed E-state index contributed by atoms with van der Waals surface area (Å²) in [7, 11) is 0. The first kappa shape index (κ1) is 10.3. The van der Waals surface area contributed by atoms with Crippen LogP contribution in [0.25, 0.3) is 21.8 Å². The van der Waals surface area contributed by atoms with E-state index in [0.29, 0.717) is 5.92 Å². The van der Waals surface area contributed by atoms with Gasteiger partial charge in [0.2, 0.25) is 0 Å². The minimum Gasteiger partial charge on any atom is -0.342 e. The lowest BCUT2D eigenvalue weighted by Gasteiger charge is -2.01. The first-order valence-corrected chi connectivity index (χ1v) is 6.16. The number of nitrogens with one attached hydrogen (secondary N) is 1. The van der Waals surface area contributed by atoms with Gasteiger partial charge >= 0.3 is 0 Å². The molecule has 0 saturated carbocycles. The zero-order valence-corrected chi connectivity index (χ0v) is 10.2. The molecule has 3 aromatic rings. The maximum Gasteiger partial charge on any atom is 0.110 e. The van der Waals surface area contributed by atoms with Gasteiger partial charge in [-0.25, -0.2) is 4.98 Å². The Morgan fingerprint density at radius 1 is 1.18 bits per heavy atom. The number of rotatable bonds is 2. The summed E-state index contributed by atoms with van der Waals surface area (Å²) in [6.07, 6.45) is 1.11. The van der Waals surface area contributed by atoms with Crippen molar-refractivity contribution in [2.24, 2.45) is 0 Å². The van der Waals surface area contributed by atoms with E-state index in [-0.39, 0.29) is 0 Å². The van der Waals surface area contributed by atoms with Crippen LogP contribution in [0.4, 0.5) is 0 Å². The van der Waals surface area contributed by atoms with Gasteiger partial charge in [-0.2, -0.15) is 0 Å². The predicted octanol–water partition coefficient (Wildman–Crippen LogP) is 4.23. The summed E-state index contributed by atoms with van der Waals surface area (Å²) in [5, 5.41) is 2.52. The molecule has 17 heavy (non-hydrogen) atoms. The number of hydrogen-bond acceptors (Lipinski definition) is 1. The highest BCUT2D eigenvalue weighted by Gasteiger charge is 2.09. The lowest BCUT2D eigenvalue weighted by atomic mass is 10.1. The van der Waals surface area contributed by atoms with E-state index < -0.39 is 0 Å². The maximum atomic E-state index is 4.68. The number of aromatic nitrogens is 2. The smallest absolute Gasteiger partial charge is 0.110 e. The summed E-state index contributed by atoms with van der Waals surface area (Å²) in [6.45, 7) is 4.39. The van der Waals surface area contributed by atoms with Crippen LogP contribution in [0.5, 0.6) is 0 Å². The predicted molar refractivity (Wildman–Crippen MR) is 72.3 cm³/mol. The van der Waals surface area contributed by atoms with Gasteiger partial charge in [-0.15, -0.1) is 0 Å². The summed E-state index contributed by atoms with van der Waals surface area (Å²) < 4.78 is 0. The molecule has 1 unspecified atom stereocenters. The second kappa shape index (κ2) is 3.88. The molecule has 0 amide bonds. The summed E-state index contributed by atoms with van der Waals surface area (Å²) in [5.41, 5.74) is 2.21. The van der Waals surface area contributed by atoms with Crippen LogP contribution in [0, 0.1) is 0 Å². The first-order chi connectivity index (χ1) is 8.28. The minimum atomic E-state index is 0.491. The molecule has 0 aliphatic carbocycles. The second-order valence-electron chi connectivity index (χ2n) is 4.65. The molecule has 0 aliphatic heterocycles. The Kier molecular flexibility index (Phi) is 2.36. The molecule has 86 valence electrons. The van der Waals surface area contributed by atoms with Crippen LogP contribution in [0.1, 0.15) is 32.0 Å². The molecule has 0 spiro atoms. The molecule has 3 rings (SSSR count). The normalized spacial score (nSPS) is 13.3. The average Bonchev–Trinajstić information content (AvgIpc) is 2.77. The standard InChI is InChI=1S/C15H16N2/c1-3-10(2)15-16-13-8-11-6-4-5-7-12(11)9-14(13)17-15/h4-10H,3H2,1-2H3,(H,16,17). The number of benzene rings is 2. The zero-order valence-electron chi connectivity index (χ0n) is 10.2. The molecule has 1 aromatic heterocycles. The number of hydrogen-bond donors (Lipinski definition) is 1. The highest BCUT2D eigenvalue weighted by molar-refractivity contribution is 5.95. The molecule has 0 fully saturated rings. The number of nitrogens with zero attached hydrogens (tertiary/aromatic N) is 1. The van der Waals surface area contributed by atoms with E-state index in [1.807, 2.05) is 0 Å². The Labute approximate surface area is 101 Å². The van der Waals surface area contributed by atoms with Gasteiger partial charge < -0.3 is 4.98 Å². The average molecular weight is 224 g/mol. The Bertz CT molecular complexity index is 614. The van der Waals surface area contributed by atoms with Crippen molar-refractivity contribution < 1.29 is 0 Å². The third-order valence-corrected chi connectivity index (χ3v) is 3.45. The van der Waals surface area contributed by atoms with E-state index >= 15 is 0 Å². The maximum absolute atomic E-state index is 4.68. The fourth-order valence-electron chi connectivity index (χ4n) is 2.14. The van der Waals surface area contributed by atoms with E-state index in [0.717, 1.165) is 23.3 Å². The number of H-pyrrole nitrogens is 1. The number of aromatic amines is 1. The summed E-state index contributed by atoms with van der Waals surface area (Å²) in [4.78, 5) is 8.11. The lowest BCUT2D eigenvalue weighted by Crippen LogP contribution is -1.92. The molecule has 2 aromatic carbocycles. The van der Waals surface area contributed by atoms with Crippen LogP contribution in [-0.4, -0.2) is 9.97 Å². The van der Waals surface area contributed by atoms with Gasteiger partial charge in [0, 0.05) is 5.92 Å². The second-order valence-corrected chi connectivity index (χ2v) is 4.65. The van der Waals surface area contributed by atoms with Crippen LogP contribution >= 0.6 is 0 Å². The van der Waals surface area contributed by atoms with Crippen LogP contribution in [0.3, 0.4) is 0 Å². The van der Waals surface area contributed by atoms with Crippen molar-refractivity contribution in [1.29, 1.82) is 0 Å². The van der Waals surface area contributed by atoms with Gasteiger partial charge in [-0.1, -0.05) is 38.1 Å². The van der Waals surface area contributed by atoms with Crippen molar-refractivity contribution in [2.45, 2.75) is 26.2 Å². The lowest BCUT2D eigenvalue weighted by molar-refractivity contribution is 0.692. The quantitative estimate of drug-likeness (QED) is 0.693. The highest BCUT2D eigenvalue weighted by atomic mass is 14.9. The van der Waals surface area contributed by atoms with Crippen molar-refractivity contribution in [3.05, 3.63) is 42.2 Å². The van der Waals surface area contributed by atoms with Gasteiger partial charge in [-0.05, 0) is 29.3 Å². The third-order valence-electron chi connectivity index (χ3n) is 3.45. The summed E-state index contributed by atoms with van der Waals surface area (Å²) in [5.74, 6) is 1.59. The Hall–Kier alpha value is -1.83. The SMILES string of the molecule is CCC(C)c1nc2cc3ccccc3cc2[nH]1. The van der Waals surface area contributed by atoms with Crippen molar-refractivity contribution in [3.8, 4) is 0 Å². The van der Waals surface area contributed by atoms with Crippen LogP contribution in [0.15, 0.2) is 36.4 Å². The number of fused-ring (bicyclic) bond motifs is 2. The molecule has 0 saturated heterocycles. The molecular formula is C15H16N2. The van der Waals surface area contributed by atoms with Gasteiger partial charge in [0.1, 0.15) is 5.82 Å². The Morgan fingerprint density at radius 3 is 2.59 bits per heavy atom. The van der Waals surface area contributed by atoms with Gasteiger partial charge in [0.05, 0.1) is 11.0 Å². The van der Waals surface area contributed by atoms with Crippen molar-refractivity contribution >= 4 is 21.8 Å². The van der Waals surface area contributed by atoms with Gasteiger partial charge in [-0.3, -0.25) is 0 Å². The monoisotopic (exact) mass is 224 g/mol. The molecule has 2 nitrogen and oxygen atoms in total. The largest absolute Gasteiger partial charge is 0.342 e.